The van der Waals surface area contributed by atoms with Crippen LogP contribution in [0.1, 0.15) is 31.3 Å². The van der Waals surface area contributed by atoms with Crippen LogP contribution < -0.4 is 4.74 Å². The molecule has 0 spiro atoms. The van der Waals surface area contributed by atoms with Crippen LogP contribution in [0.5, 0.6) is 5.88 Å². The first kappa shape index (κ1) is 10.6. The van der Waals surface area contributed by atoms with Gasteiger partial charge in [-0.15, -0.1) is 0 Å². The summed E-state index contributed by atoms with van der Waals surface area (Å²) in [5, 5.41) is 12.6. The molecule has 0 aliphatic heterocycles. The Morgan fingerprint density at radius 2 is 2.36 bits per heavy atom. The molecule has 0 fully saturated rings. The number of nitrogens with zero attached hydrogens (tertiary/aromatic N) is 2. The molecule has 14 heavy (non-hydrogen) atoms. The molecule has 1 aromatic rings. The van der Waals surface area contributed by atoms with Crippen molar-refractivity contribution in [1.29, 1.82) is 0 Å². The zero-order chi connectivity index (χ0) is 10.7. The van der Waals surface area contributed by atoms with Crippen LogP contribution in [-0.2, 0) is 6.54 Å². The summed E-state index contributed by atoms with van der Waals surface area (Å²) in [7, 11) is 0. The summed E-state index contributed by atoms with van der Waals surface area (Å²) >= 11 is 0. The van der Waals surface area contributed by atoms with Gasteiger partial charge in [0.2, 0.25) is 5.88 Å². The van der Waals surface area contributed by atoms with Crippen LogP contribution in [0.15, 0.2) is 6.07 Å². The molecule has 0 amide bonds. The fourth-order valence-corrected chi connectivity index (χ4v) is 1.07. The van der Waals surface area contributed by atoms with Gasteiger partial charge in [-0.1, -0.05) is 0 Å². The first-order valence-electron chi connectivity index (χ1n) is 4.52. The lowest BCUT2D eigenvalue weighted by atomic mass is 10.4. The van der Waals surface area contributed by atoms with Gasteiger partial charge in [0, 0.05) is 12.6 Å². The second-order valence-corrected chi connectivity index (χ2v) is 3.16. The van der Waals surface area contributed by atoms with E-state index in [4.69, 9.17) is 9.84 Å². The van der Waals surface area contributed by atoms with E-state index in [1.807, 2.05) is 20.8 Å². The van der Waals surface area contributed by atoms with Crippen LogP contribution in [0.2, 0.25) is 0 Å². The maximum atomic E-state index is 10.6. The van der Waals surface area contributed by atoms with E-state index in [2.05, 4.69) is 5.10 Å². The number of carboxylic acid groups (broad SMARTS) is 1. The van der Waals surface area contributed by atoms with Crippen molar-refractivity contribution in [3.05, 3.63) is 11.8 Å². The van der Waals surface area contributed by atoms with Crippen LogP contribution in [0, 0.1) is 0 Å². The average molecular weight is 198 g/mol. The molecule has 1 heterocycles. The van der Waals surface area contributed by atoms with E-state index in [1.54, 1.807) is 0 Å². The molecule has 0 aliphatic rings. The molecule has 5 nitrogen and oxygen atoms in total. The van der Waals surface area contributed by atoms with E-state index in [9.17, 15) is 4.79 Å². The van der Waals surface area contributed by atoms with Gasteiger partial charge in [-0.3, -0.25) is 0 Å². The Morgan fingerprint density at radius 3 is 2.79 bits per heavy atom. The summed E-state index contributed by atoms with van der Waals surface area (Å²) in [6.07, 6.45) is 0.0126. The largest absolute Gasteiger partial charge is 0.476 e. The summed E-state index contributed by atoms with van der Waals surface area (Å²) in [6.45, 7) is 6.24. The predicted molar refractivity (Wildman–Crippen MR) is 50.6 cm³/mol. The maximum Gasteiger partial charge on any atom is 0.356 e. The van der Waals surface area contributed by atoms with Gasteiger partial charge in [0.15, 0.2) is 5.69 Å². The summed E-state index contributed by atoms with van der Waals surface area (Å²) < 4.78 is 6.94. The Kier molecular flexibility index (Phi) is 3.11. The lowest BCUT2D eigenvalue weighted by Gasteiger charge is -2.09. The molecule has 5 heteroatoms. The molecule has 0 aliphatic carbocycles. The van der Waals surface area contributed by atoms with Gasteiger partial charge in [0.25, 0.3) is 0 Å². The van der Waals surface area contributed by atoms with Crippen molar-refractivity contribution in [2.75, 3.05) is 0 Å². The third-order valence-corrected chi connectivity index (χ3v) is 1.62. The predicted octanol–water partition coefficient (Wildman–Crippen LogP) is 1.39. The number of rotatable bonds is 4. The minimum Gasteiger partial charge on any atom is -0.476 e. The number of aromatic nitrogens is 2. The molecule has 78 valence electrons. The molecule has 0 unspecified atom stereocenters. The Morgan fingerprint density at radius 1 is 1.71 bits per heavy atom. The smallest absolute Gasteiger partial charge is 0.356 e. The van der Waals surface area contributed by atoms with E-state index in [0.29, 0.717) is 12.4 Å². The highest BCUT2D eigenvalue weighted by Crippen LogP contribution is 2.15. The number of hydrogen-bond acceptors (Lipinski definition) is 3. The monoisotopic (exact) mass is 198 g/mol. The molecular weight excluding hydrogens is 184 g/mol. The first-order valence-corrected chi connectivity index (χ1v) is 4.52. The van der Waals surface area contributed by atoms with Crippen LogP contribution in [0.3, 0.4) is 0 Å². The average Bonchev–Trinajstić information content (AvgIpc) is 2.46. The van der Waals surface area contributed by atoms with E-state index in [-0.39, 0.29) is 11.8 Å². The second kappa shape index (κ2) is 4.13. The van der Waals surface area contributed by atoms with Gasteiger partial charge in [-0.2, -0.15) is 5.10 Å². The first-order chi connectivity index (χ1) is 6.54. The van der Waals surface area contributed by atoms with Crippen molar-refractivity contribution >= 4 is 5.97 Å². The molecule has 0 atom stereocenters. The normalized spacial score (nSPS) is 10.6. The fraction of sp³-hybridized carbons (Fsp3) is 0.556. The highest BCUT2D eigenvalue weighted by atomic mass is 16.5. The molecule has 1 N–H and O–H groups in total. The van der Waals surface area contributed by atoms with Gasteiger partial charge in [0.05, 0.1) is 6.10 Å². The van der Waals surface area contributed by atoms with Gasteiger partial charge >= 0.3 is 5.97 Å². The van der Waals surface area contributed by atoms with Crippen LogP contribution in [0.25, 0.3) is 0 Å². The van der Waals surface area contributed by atoms with Crippen LogP contribution in [0.4, 0.5) is 0 Å². The van der Waals surface area contributed by atoms with E-state index in [1.165, 1.54) is 10.7 Å². The molecule has 0 aromatic carbocycles. The minimum atomic E-state index is -1.04. The second-order valence-electron chi connectivity index (χ2n) is 3.16. The molecule has 0 bridgehead atoms. The zero-order valence-electron chi connectivity index (χ0n) is 8.52. The standard InChI is InChI=1S/C9H14N2O3/c1-4-11-8(14-6(2)3)5-7(10-11)9(12)13/h5-6H,4H2,1-3H3,(H,12,13). The van der Waals surface area contributed by atoms with Gasteiger partial charge in [-0.25, -0.2) is 9.48 Å². The summed E-state index contributed by atoms with van der Waals surface area (Å²) in [6, 6.07) is 1.44. The quantitative estimate of drug-likeness (QED) is 0.794. The zero-order valence-corrected chi connectivity index (χ0v) is 8.52. The Hall–Kier alpha value is -1.52. The van der Waals surface area contributed by atoms with Crippen molar-refractivity contribution in [2.24, 2.45) is 0 Å². The van der Waals surface area contributed by atoms with E-state index in [0.717, 1.165) is 0 Å². The third-order valence-electron chi connectivity index (χ3n) is 1.62. The molecule has 1 rings (SSSR count). The van der Waals surface area contributed by atoms with Gasteiger partial charge in [-0.05, 0) is 20.8 Å². The SMILES string of the molecule is CCn1nc(C(=O)O)cc1OC(C)C. The van der Waals surface area contributed by atoms with Crippen molar-refractivity contribution in [3.8, 4) is 5.88 Å². The van der Waals surface area contributed by atoms with Crippen molar-refractivity contribution in [3.63, 3.8) is 0 Å². The third kappa shape index (κ3) is 2.25. The highest BCUT2D eigenvalue weighted by Gasteiger charge is 2.13. The van der Waals surface area contributed by atoms with Crippen LogP contribution in [-0.4, -0.2) is 27.0 Å². The van der Waals surface area contributed by atoms with E-state index < -0.39 is 5.97 Å². The number of ether oxygens (including phenoxy) is 1. The van der Waals surface area contributed by atoms with Crippen molar-refractivity contribution in [2.45, 2.75) is 33.4 Å². The highest BCUT2D eigenvalue weighted by molar-refractivity contribution is 5.85. The van der Waals surface area contributed by atoms with Crippen LogP contribution >= 0.6 is 0 Å². The maximum absolute atomic E-state index is 10.6. The minimum absolute atomic E-state index is 0.0126. The summed E-state index contributed by atoms with van der Waals surface area (Å²) in [5.74, 6) is -0.536. The Balaban J connectivity index is 2.96. The molecule has 1 aromatic heterocycles. The number of carbonyl (C=O) groups is 1. The topological polar surface area (TPSA) is 64.4 Å². The van der Waals surface area contributed by atoms with Gasteiger partial charge in [0.1, 0.15) is 0 Å². The van der Waals surface area contributed by atoms with Gasteiger partial charge < -0.3 is 9.84 Å². The Bertz CT molecular complexity index is 331. The molecule has 0 radical (unpaired) electrons. The van der Waals surface area contributed by atoms with E-state index >= 15 is 0 Å². The summed E-state index contributed by atoms with van der Waals surface area (Å²) in [5.41, 5.74) is 0.0162. The Labute approximate surface area is 82.3 Å². The number of hydrogen-bond donors (Lipinski definition) is 1. The fourth-order valence-electron chi connectivity index (χ4n) is 1.07. The molecule has 0 saturated carbocycles. The molecular formula is C9H14N2O3. The van der Waals surface area contributed by atoms with Crippen molar-refractivity contribution < 1.29 is 14.6 Å². The lowest BCUT2D eigenvalue weighted by molar-refractivity contribution is 0.0689. The number of aryl methyl sites for hydroxylation is 1. The number of aromatic carboxylic acids is 1. The molecule has 0 saturated heterocycles. The summed E-state index contributed by atoms with van der Waals surface area (Å²) in [4.78, 5) is 10.6. The lowest BCUT2D eigenvalue weighted by Crippen LogP contribution is -2.10. The number of carboxylic acids is 1. The van der Waals surface area contributed by atoms with Crippen molar-refractivity contribution in [1.82, 2.24) is 9.78 Å².